The second-order valence-corrected chi connectivity index (χ2v) is 10.1. The van der Waals surface area contributed by atoms with Gasteiger partial charge in [0, 0.05) is 19.7 Å². The Morgan fingerprint density at radius 1 is 1.27 bits per heavy atom. The molecule has 1 aliphatic rings. The predicted octanol–water partition coefficient (Wildman–Crippen LogP) is 3.12. The third-order valence-corrected chi connectivity index (χ3v) is 8.17. The van der Waals surface area contributed by atoms with Crippen molar-refractivity contribution in [3.63, 3.8) is 0 Å². The molecule has 1 atom stereocenters. The number of benzene rings is 2. The highest BCUT2D eigenvalue weighted by molar-refractivity contribution is 7.93. The second-order valence-electron chi connectivity index (χ2n) is 7.19. The quantitative estimate of drug-likeness (QED) is 0.468. The molecule has 2 aromatic carbocycles. The summed E-state index contributed by atoms with van der Waals surface area (Å²) in [5, 5.41) is 0.390. The van der Waals surface area contributed by atoms with E-state index >= 15 is 0 Å². The van der Waals surface area contributed by atoms with Gasteiger partial charge in [-0.1, -0.05) is 23.5 Å². The standard InChI is InChI=1S/C20H19N3O5S2/c1-22-16-9-8-14(11-17(16)28-20(22)24)30(25,26)23(12-13-5-4-10-27-13)19-21-15-6-2-3-7-18(15)29-19/h2-3,6-9,11,13H,4-5,10,12H2,1H3/t13-/m1/s1. The first-order chi connectivity index (χ1) is 14.4. The maximum Gasteiger partial charge on any atom is 0.419 e. The highest BCUT2D eigenvalue weighted by Crippen LogP contribution is 2.34. The van der Waals surface area contributed by atoms with Crippen molar-refractivity contribution in [3.8, 4) is 0 Å². The van der Waals surface area contributed by atoms with E-state index < -0.39 is 15.8 Å². The van der Waals surface area contributed by atoms with Crippen LogP contribution in [0.15, 0.2) is 56.6 Å². The molecule has 3 heterocycles. The number of thiazole rings is 1. The van der Waals surface area contributed by atoms with E-state index in [-0.39, 0.29) is 23.1 Å². The summed E-state index contributed by atoms with van der Waals surface area (Å²) in [7, 11) is -2.38. The van der Waals surface area contributed by atoms with E-state index in [0.717, 1.165) is 23.1 Å². The molecule has 10 heteroatoms. The minimum atomic E-state index is -3.95. The third-order valence-electron chi connectivity index (χ3n) is 5.24. The molecule has 0 radical (unpaired) electrons. The minimum absolute atomic E-state index is 0.0432. The summed E-state index contributed by atoms with van der Waals surface area (Å²) < 4.78 is 41.7. The zero-order valence-corrected chi connectivity index (χ0v) is 17.8. The summed E-state index contributed by atoms with van der Waals surface area (Å²) in [5.74, 6) is -0.540. The number of aryl methyl sites for hydroxylation is 1. The predicted molar refractivity (Wildman–Crippen MR) is 115 cm³/mol. The molecule has 0 saturated carbocycles. The number of rotatable bonds is 5. The Morgan fingerprint density at radius 3 is 2.87 bits per heavy atom. The molecule has 2 aromatic heterocycles. The van der Waals surface area contributed by atoms with Crippen LogP contribution in [0.5, 0.6) is 0 Å². The van der Waals surface area contributed by atoms with Crippen LogP contribution in [-0.4, -0.2) is 37.2 Å². The molecule has 0 aliphatic carbocycles. The smallest absolute Gasteiger partial charge is 0.408 e. The van der Waals surface area contributed by atoms with Crippen LogP contribution in [-0.2, 0) is 21.8 Å². The largest absolute Gasteiger partial charge is 0.419 e. The van der Waals surface area contributed by atoms with Gasteiger partial charge in [-0.25, -0.2) is 22.5 Å². The average Bonchev–Trinajstić information content (AvgIpc) is 3.45. The van der Waals surface area contributed by atoms with Gasteiger partial charge in [-0.15, -0.1) is 0 Å². The molecule has 0 spiro atoms. The molecular weight excluding hydrogens is 426 g/mol. The van der Waals surface area contributed by atoms with Crippen LogP contribution in [0.25, 0.3) is 21.3 Å². The van der Waals surface area contributed by atoms with E-state index in [0.29, 0.717) is 17.3 Å². The van der Waals surface area contributed by atoms with Crippen LogP contribution >= 0.6 is 11.3 Å². The fourth-order valence-electron chi connectivity index (χ4n) is 3.62. The van der Waals surface area contributed by atoms with Gasteiger partial charge >= 0.3 is 5.76 Å². The van der Waals surface area contributed by atoms with Crippen molar-refractivity contribution in [2.45, 2.75) is 23.8 Å². The first-order valence-corrected chi connectivity index (χ1v) is 11.8. The molecule has 156 valence electrons. The summed E-state index contributed by atoms with van der Waals surface area (Å²) in [6, 6.07) is 12.0. The molecule has 0 unspecified atom stereocenters. The van der Waals surface area contributed by atoms with E-state index in [9.17, 15) is 13.2 Å². The van der Waals surface area contributed by atoms with E-state index in [4.69, 9.17) is 9.15 Å². The maximum atomic E-state index is 13.6. The Morgan fingerprint density at radius 2 is 2.10 bits per heavy atom. The first kappa shape index (κ1) is 19.3. The second kappa shape index (κ2) is 7.22. The zero-order valence-electron chi connectivity index (χ0n) is 16.1. The Kier molecular flexibility index (Phi) is 4.64. The van der Waals surface area contributed by atoms with Crippen molar-refractivity contribution in [1.82, 2.24) is 9.55 Å². The minimum Gasteiger partial charge on any atom is -0.408 e. The lowest BCUT2D eigenvalue weighted by atomic mass is 10.2. The topological polar surface area (TPSA) is 94.6 Å². The van der Waals surface area contributed by atoms with Crippen molar-refractivity contribution in [2.24, 2.45) is 7.05 Å². The van der Waals surface area contributed by atoms with Gasteiger partial charge in [0.1, 0.15) is 0 Å². The van der Waals surface area contributed by atoms with Crippen LogP contribution in [0.4, 0.5) is 5.13 Å². The number of fused-ring (bicyclic) bond motifs is 2. The van der Waals surface area contributed by atoms with Crippen LogP contribution < -0.4 is 10.1 Å². The first-order valence-electron chi connectivity index (χ1n) is 9.53. The summed E-state index contributed by atoms with van der Waals surface area (Å²) in [6.45, 7) is 0.804. The molecule has 0 bridgehead atoms. The van der Waals surface area contributed by atoms with Gasteiger partial charge in [-0.3, -0.25) is 4.57 Å². The molecule has 30 heavy (non-hydrogen) atoms. The molecule has 1 aliphatic heterocycles. The fourth-order valence-corrected chi connectivity index (χ4v) is 6.27. The maximum absolute atomic E-state index is 13.6. The SMILES string of the molecule is Cn1c(=O)oc2cc(S(=O)(=O)N(C[C@H]3CCCO3)c3nc4ccccc4s3)ccc21. The van der Waals surface area contributed by atoms with Gasteiger partial charge in [-0.05, 0) is 37.1 Å². The molecule has 0 N–H and O–H groups in total. The fraction of sp³-hybridized carbons (Fsp3) is 0.300. The lowest BCUT2D eigenvalue weighted by Crippen LogP contribution is -2.37. The van der Waals surface area contributed by atoms with Crippen LogP contribution in [0, 0.1) is 0 Å². The lowest BCUT2D eigenvalue weighted by Gasteiger charge is -2.24. The number of nitrogens with zero attached hydrogens (tertiary/aromatic N) is 3. The number of sulfonamides is 1. The number of hydrogen-bond acceptors (Lipinski definition) is 7. The van der Waals surface area contributed by atoms with Gasteiger partial charge in [0.05, 0.1) is 33.3 Å². The molecule has 1 fully saturated rings. The van der Waals surface area contributed by atoms with Crippen LogP contribution in [0.1, 0.15) is 12.8 Å². The summed E-state index contributed by atoms with van der Waals surface area (Å²) in [4.78, 5) is 16.4. The lowest BCUT2D eigenvalue weighted by molar-refractivity contribution is 0.118. The van der Waals surface area contributed by atoms with Gasteiger partial charge < -0.3 is 9.15 Å². The number of hydrogen-bond donors (Lipinski definition) is 0. The number of ether oxygens (including phenoxy) is 1. The zero-order chi connectivity index (χ0) is 20.9. The summed E-state index contributed by atoms with van der Waals surface area (Å²) in [5.41, 5.74) is 1.50. The number of oxazole rings is 1. The highest BCUT2D eigenvalue weighted by Gasteiger charge is 2.32. The highest BCUT2D eigenvalue weighted by atomic mass is 32.2. The van der Waals surface area contributed by atoms with Gasteiger partial charge in [0.2, 0.25) is 5.13 Å². The molecule has 5 rings (SSSR count). The van der Waals surface area contributed by atoms with E-state index in [2.05, 4.69) is 4.98 Å². The van der Waals surface area contributed by atoms with E-state index in [1.807, 2.05) is 24.3 Å². The van der Waals surface area contributed by atoms with Crippen molar-refractivity contribution in [2.75, 3.05) is 17.5 Å². The van der Waals surface area contributed by atoms with E-state index in [1.165, 1.54) is 32.3 Å². The van der Waals surface area contributed by atoms with Crippen molar-refractivity contribution in [3.05, 3.63) is 53.0 Å². The van der Waals surface area contributed by atoms with Gasteiger partial charge in [-0.2, -0.15) is 0 Å². The van der Waals surface area contributed by atoms with Crippen molar-refractivity contribution in [1.29, 1.82) is 0 Å². The van der Waals surface area contributed by atoms with Gasteiger partial charge in [0.15, 0.2) is 5.58 Å². The monoisotopic (exact) mass is 445 g/mol. The Bertz CT molecular complexity index is 1360. The summed E-state index contributed by atoms with van der Waals surface area (Å²) in [6.07, 6.45) is 1.51. The van der Waals surface area contributed by atoms with Gasteiger partial charge in [0.25, 0.3) is 10.0 Å². The molecule has 1 saturated heterocycles. The number of aromatic nitrogens is 2. The molecular formula is C20H19N3O5S2. The van der Waals surface area contributed by atoms with Crippen LogP contribution in [0.3, 0.4) is 0 Å². The van der Waals surface area contributed by atoms with E-state index in [1.54, 1.807) is 13.1 Å². The Hall–Kier alpha value is -2.69. The average molecular weight is 446 g/mol. The number of anilines is 1. The number of para-hydroxylation sites is 1. The van der Waals surface area contributed by atoms with Crippen molar-refractivity contribution >= 4 is 47.8 Å². The summed E-state index contributed by atoms with van der Waals surface area (Å²) >= 11 is 1.32. The molecule has 8 nitrogen and oxygen atoms in total. The molecule has 0 amide bonds. The Balaban J connectivity index is 1.62. The third kappa shape index (κ3) is 3.21. The Labute approximate surface area is 176 Å². The van der Waals surface area contributed by atoms with Crippen LogP contribution in [0.2, 0.25) is 0 Å². The van der Waals surface area contributed by atoms with Crippen molar-refractivity contribution < 1.29 is 17.6 Å². The normalized spacial score (nSPS) is 17.2. The molecule has 4 aromatic rings.